The van der Waals surface area contributed by atoms with Gasteiger partial charge in [0.05, 0.1) is 11.7 Å². The van der Waals surface area contributed by atoms with Gasteiger partial charge in [0.2, 0.25) is 5.91 Å². The van der Waals surface area contributed by atoms with Crippen molar-refractivity contribution in [3.63, 3.8) is 0 Å². The molecule has 2 aromatic heterocycles. The molecule has 2 heterocycles. The molecule has 0 atom stereocenters. The van der Waals surface area contributed by atoms with E-state index in [9.17, 15) is 9.59 Å². The minimum absolute atomic E-state index is 0.103. The number of aromatic nitrogens is 2. The number of fused-ring (bicyclic) bond motifs is 1. The third kappa shape index (κ3) is 3.59. The van der Waals surface area contributed by atoms with Crippen molar-refractivity contribution in [3.05, 3.63) is 82.9 Å². The first kappa shape index (κ1) is 18.1. The summed E-state index contributed by atoms with van der Waals surface area (Å²) in [6.07, 6.45) is 1.74. The number of aryl methyl sites for hydroxylation is 2. The van der Waals surface area contributed by atoms with Crippen molar-refractivity contribution in [2.75, 3.05) is 5.32 Å². The van der Waals surface area contributed by atoms with Crippen LogP contribution in [0, 0.1) is 6.92 Å². The average Bonchev–Trinajstić information content (AvgIpc) is 3.06. The Labute approximate surface area is 166 Å². The highest BCUT2D eigenvalue weighted by Crippen LogP contribution is 2.35. The van der Waals surface area contributed by atoms with E-state index >= 15 is 0 Å². The summed E-state index contributed by atoms with van der Waals surface area (Å²) in [7, 11) is 0. The molecule has 6 heteroatoms. The molecule has 28 heavy (non-hydrogen) atoms. The van der Waals surface area contributed by atoms with E-state index in [2.05, 4.69) is 10.3 Å². The van der Waals surface area contributed by atoms with Gasteiger partial charge in [0.15, 0.2) is 0 Å². The van der Waals surface area contributed by atoms with E-state index in [1.807, 2.05) is 67.6 Å². The van der Waals surface area contributed by atoms with Crippen LogP contribution in [0.3, 0.4) is 0 Å². The molecule has 0 spiro atoms. The molecule has 1 amide bonds. The Kier molecular flexibility index (Phi) is 5.04. The third-order valence-corrected chi connectivity index (χ3v) is 5.84. The smallest absolute Gasteiger partial charge is 0.262 e. The molecule has 0 saturated heterocycles. The molecule has 1 N–H and O–H groups in total. The second kappa shape index (κ2) is 7.78. The van der Waals surface area contributed by atoms with Crippen LogP contribution in [0.1, 0.15) is 12.0 Å². The first-order chi connectivity index (χ1) is 13.6. The summed E-state index contributed by atoms with van der Waals surface area (Å²) in [6.45, 7) is 2.24. The Balaban J connectivity index is 1.57. The summed E-state index contributed by atoms with van der Waals surface area (Å²) in [4.78, 5) is 31.4. The number of amides is 1. The molecule has 0 aliphatic carbocycles. The van der Waals surface area contributed by atoms with Crippen LogP contribution >= 0.6 is 11.3 Å². The molecule has 0 aliphatic heterocycles. The lowest BCUT2D eigenvalue weighted by Crippen LogP contribution is -2.23. The quantitative estimate of drug-likeness (QED) is 0.548. The van der Waals surface area contributed by atoms with Gasteiger partial charge in [-0.2, -0.15) is 0 Å². The Morgan fingerprint density at radius 1 is 1.07 bits per heavy atom. The van der Waals surface area contributed by atoms with E-state index in [1.54, 1.807) is 0 Å². The summed E-state index contributed by atoms with van der Waals surface area (Å²) >= 11 is 1.52. The molecule has 0 saturated carbocycles. The fraction of sp³-hybridized carbons (Fsp3) is 0.136. The molecule has 0 fully saturated rings. The Bertz CT molecular complexity index is 1180. The fourth-order valence-corrected chi connectivity index (χ4v) is 4.30. The predicted octanol–water partition coefficient (Wildman–Crippen LogP) is 4.46. The van der Waals surface area contributed by atoms with Gasteiger partial charge in [-0.05, 0) is 30.2 Å². The van der Waals surface area contributed by atoms with Crippen molar-refractivity contribution in [2.24, 2.45) is 0 Å². The molecular weight excluding hydrogens is 370 g/mol. The Morgan fingerprint density at radius 2 is 1.75 bits per heavy atom. The van der Waals surface area contributed by atoms with Gasteiger partial charge in [0, 0.05) is 23.5 Å². The zero-order valence-electron chi connectivity index (χ0n) is 15.4. The van der Waals surface area contributed by atoms with E-state index in [0.29, 0.717) is 5.39 Å². The average molecular weight is 389 g/mol. The van der Waals surface area contributed by atoms with Crippen molar-refractivity contribution < 1.29 is 4.79 Å². The summed E-state index contributed by atoms with van der Waals surface area (Å²) in [5.41, 5.74) is 2.66. The van der Waals surface area contributed by atoms with Crippen molar-refractivity contribution in [2.45, 2.75) is 19.9 Å². The standard InChI is InChI=1S/C22H19N3O2S/c1-15-19-21(28-20(15)16-8-4-2-5-9-16)23-14-25(22(19)27)13-12-18(26)24-17-10-6-3-7-11-17/h2-11,14H,12-13H2,1H3,(H,24,26). The van der Waals surface area contributed by atoms with E-state index in [0.717, 1.165) is 26.5 Å². The van der Waals surface area contributed by atoms with E-state index in [4.69, 9.17) is 0 Å². The topological polar surface area (TPSA) is 64.0 Å². The SMILES string of the molecule is Cc1c(-c2ccccc2)sc2ncn(CCC(=O)Nc3ccccc3)c(=O)c12. The number of thiophene rings is 1. The number of hydrogen-bond acceptors (Lipinski definition) is 4. The van der Waals surface area contributed by atoms with Gasteiger partial charge < -0.3 is 5.32 Å². The molecule has 0 aliphatic rings. The van der Waals surface area contributed by atoms with Crippen LogP contribution in [0.15, 0.2) is 71.8 Å². The second-order valence-corrected chi connectivity index (χ2v) is 7.51. The van der Waals surface area contributed by atoms with Gasteiger partial charge in [-0.25, -0.2) is 4.98 Å². The molecule has 2 aromatic carbocycles. The van der Waals surface area contributed by atoms with Crippen LogP contribution in [-0.2, 0) is 11.3 Å². The highest BCUT2D eigenvalue weighted by atomic mass is 32.1. The van der Waals surface area contributed by atoms with E-state index < -0.39 is 0 Å². The van der Waals surface area contributed by atoms with Gasteiger partial charge in [0.25, 0.3) is 5.56 Å². The zero-order chi connectivity index (χ0) is 19.5. The van der Waals surface area contributed by atoms with E-state index in [-0.39, 0.29) is 24.4 Å². The summed E-state index contributed by atoms with van der Waals surface area (Å²) in [6, 6.07) is 19.3. The van der Waals surface area contributed by atoms with Crippen LogP contribution in [0.4, 0.5) is 5.69 Å². The maximum absolute atomic E-state index is 13.0. The minimum Gasteiger partial charge on any atom is -0.326 e. The summed E-state index contributed by atoms with van der Waals surface area (Å²) in [5.74, 6) is -0.134. The van der Waals surface area contributed by atoms with Crippen molar-refractivity contribution >= 4 is 33.1 Å². The van der Waals surface area contributed by atoms with Crippen LogP contribution in [0.25, 0.3) is 20.7 Å². The molecule has 5 nitrogen and oxygen atoms in total. The number of hydrogen-bond donors (Lipinski definition) is 1. The number of nitrogens with zero attached hydrogens (tertiary/aromatic N) is 2. The number of rotatable bonds is 5. The Hall–Kier alpha value is -3.25. The summed E-state index contributed by atoms with van der Waals surface area (Å²) < 4.78 is 1.52. The number of anilines is 1. The highest BCUT2D eigenvalue weighted by Gasteiger charge is 2.16. The van der Waals surface area contributed by atoms with Gasteiger partial charge in [0.1, 0.15) is 4.83 Å². The minimum atomic E-state index is -0.134. The Morgan fingerprint density at radius 3 is 2.46 bits per heavy atom. The number of para-hydroxylation sites is 1. The number of carbonyl (C=O) groups excluding carboxylic acids is 1. The monoisotopic (exact) mass is 389 g/mol. The predicted molar refractivity (Wildman–Crippen MR) is 114 cm³/mol. The third-order valence-electron chi connectivity index (χ3n) is 4.59. The van der Waals surface area contributed by atoms with Crippen molar-refractivity contribution in [3.8, 4) is 10.4 Å². The lowest BCUT2D eigenvalue weighted by atomic mass is 10.1. The zero-order valence-corrected chi connectivity index (χ0v) is 16.2. The van der Waals surface area contributed by atoms with Gasteiger partial charge in [-0.3, -0.25) is 14.2 Å². The van der Waals surface area contributed by atoms with Gasteiger partial charge in [-0.15, -0.1) is 11.3 Å². The lowest BCUT2D eigenvalue weighted by Gasteiger charge is -2.07. The first-order valence-corrected chi connectivity index (χ1v) is 9.84. The highest BCUT2D eigenvalue weighted by molar-refractivity contribution is 7.22. The molecular formula is C22H19N3O2S. The lowest BCUT2D eigenvalue weighted by molar-refractivity contribution is -0.116. The molecule has 0 radical (unpaired) electrons. The normalized spacial score (nSPS) is 10.9. The first-order valence-electron chi connectivity index (χ1n) is 9.02. The summed E-state index contributed by atoms with van der Waals surface area (Å²) in [5, 5.41) is 3.47. The molecule has 4 aromatic rings. The molecule has 4 rings (SSSR count). The second-order valence-electron chi connectivity index (χ2n) is 6.51. The van der Waals surface area contributed by atoms with Crippen molar-refractivity contribution in [1.29, 1.82) is 0 Å². The van der Waals surface area contributed by atoms with Crippen LogP contribution in [-0.4, -0.2) is 15.5 Å². The van der Waals surface area contributed by atoms with Gasteiger partial charge >= 0.3 is 0 Å². The van der Waals surface area contributed by atoms with E-state index in [1.165, 1.54) is 22.2 Å². The van der Waals surface area contributed by atoms with Crippen LogP contribution in [0.2, 0.25) is 0 Å². The number of benzene rings is 2. The molecule has 0 bridgehead atoms. The van der Waals surface area contributed by atoms with Crippen LogP contribution < -0.4 is 10.9 Å². The largest absolute Gasteiger partial charge is 0.326 e. The van der Waals surface area contributed by atoms with Crippen LogP contribution in [0.5, 0.6) is 0 Å². The number of nitrogens with one attached hydrogen (secondary N) is 1. The molecule has 0 unspecified atom stereocenters. The maximum atomic E-state index is 13.0. The van der Waals surface area contributed by atoms with Crippen molar-refractivity contribution in [1.82, 2.24) is 9.55 Å². The fourth-order valence-electron chi connectivity index (χ4n) is 3.15. The molecule has 140 valence electrons. The maximum Gasteiger partial charge on any atom is 0.262 e. The number of carbonyl (C=O) groups is 1. The van der Waals surface area contributed by atoms with Gasteiger partial charge in [-0.1, -0.05) is 48.5 Å².